The second-order valence-electron chi connectivity index (χ2n) is 6.91. The molecule has 0 amide bonds. The Balaban J connectivity index is 3.13. The Morgan fingerprint density at radius 2 is 1.28 bits per heavy atom. The first kappa shape index (κ1) is 27.6. The van der Waals surface area contributed by atoms with Gasteiger partial charge in [0.2, 0.25) is 0 Å². The van der Waals surface area contributed by atoms with E-state index < -0.39 is 5.97 Å². The van der Waals surface area contributed by atoms with Crippen LogP contribution in [0.15, 0.2) is 24.5 Å². The maximum absolute atomic E-state index is 11.1. The average Bonchev–Trinajstić information content (AvgIpc) is 2.71. The van der Waals surface area contributed by atoms with E-state index in [0.717, 1.165) is 6.42 Å². The van der Waals surface area contributed by atoms with Crippen molar-refractivity contribution < 1.29 is 28.5 Å². The van der Waals surface area contributed by atoms with Crippen LogP contribution in [0, 0.1) is 0 Å². The van der Waals surface area contributed by atoms with Gasteiger partial charge in [-0.3, -0.25) is 0 Å². The number of allylic oxidation sites excluding steroid dienone is 1. The van der Waals surface area contributed by atoms with Crippen LogP contribution in [0.25, 0.3) is 0 Å². The second kappa shape index (κ2) is 22.9. The average molecular weight is 415 g/mol. The van der Waals surface area contributed by atoms with Crippen LogP contribution in [0.4, 0.5) is 0 Å². The van der Waals surface area contributed by atoms with Crippen molar-refractivity contribution in [2.75, 3.05) is 52.9 Å². The fraction of sp³-hybridized carbons (Fsp3) is 0.783. The minimum Gasteiger partial charge on any atom is -0.499 e. The lowest BCUT2D eigenvalue weighted by Crippen LogP contribution is -2.14. The molecular weight excluding hydrogens is 372 g/mol. The van der Waals surface area contributed by atoms with E-state index in [1.54, 1.807) is 13.2 Å². The molecule has 0 atom stereocenters. The van der Waals surface area contributed by atoms with Gasteiger partial charge in [-0.25, -0.2) is 4.79 Å². The van der Waals surface area contributed by atoms with Gasteiger partial charge in [0.25, 0.3) is 0 Å². The van der Waals surface area contributed by atoms with Gasteiger partial charge in [-0.15, -0.1) is 0 Å². The summed E-state index contributed by atoms with van der Waals surface area (Å²) < 4.78 is 26.4. The molecule has 0 aliphatic carbocycles. The summed E-state index contributed by atoms with van der Waals surface area (Å²) in [6, 6.07) is 0. The Morgan fingerprint density at radius 3 is 1.86 bits per heavy atom. The summed E-state index contributed by atoms with van der Waals surface area (Å²) in [5, 5.41) is 0. The summed E-state index contributed by atoms with van der Waals surface area (Å²) in [5.74, 6) is -0.394. The zero-order valence-corrected chi connectivity index (χ0v) is 18.6. The Labute approximate surface area is 177 Å². The van der Waals surface area contributed by atoms with Gasteiger partial charge in [0.05, 0.1) is 45.9 Å². The molecule has 0 saturated carbocycles. The van der Waals surface area contributed by atoms with E-state index in [1.165, 1.54) is 44.9 Å². The summed E-state index contributed by atoms with van der Waals surface area (Å²) in [6.45, 7) is 11.0. The quantitative estimate of drug-likeness (QED) is 0.109. The third kappa shape index (κ3) is 22.8. The molecule has 0 bridgehead atoms. The van der Waals surface area contributed by atoms with Crippen molar-refractivity contribution in [1.29, 1.82) is 0 Å². The number of ether oxygens (including phenoxy) is 5. The van der Waals surface area contributed by atoms with E-state index in [1.807, 2.05) is 0 Å². The highest BCUT2D eigenvalue weighted by Gasteiger charge is 2.01. The van der Waals surface area contributed by atoms with E-state index >= 15 is 0 Å². The maximum atomic E-state index is 11.1. The smallest absolute Gasteiger partial charge is 0.333 e. The van der Waals surface area contributed by atoms with E-state index in [2.05, 4.69) is 19.6 Å². The molecule has 0 aliphatic heterocycles. The topological polar surface area (TPSA) is 63.2 Å². The van der Waals surface area contributed by atoms with Crippen LogP contribution in [0.2, 0.25) is 0 Å². The summed E-state index contributed by atoms with van der Waals surface area (Å²) in [4.78, 5) is 11.1. The monoisotopic (exact) mass is 414 g/mol. The SMILES string of the molecule is C=C(C)C(=O)OCCOCCOCCOCCOC=CCCCCCCCCC. The van der Waals surface area contributed by atoms with Gasteiger partial charge >= 0.3 is 5.97 Å². The summed E-state index contributed by atoms with van der Waals surface area (Å²) >= 11 is 0. The van der Waals surface area contributed by atoms with Crippen LogP contribution in [0.1, 0.15) is 65.2 Å². The Bertz CT molecular complexity index is 408. The largest absolute Gasteiger partial charge is 0.499 e. The predicted octanol–water partition coefficient (Wildman–Crippen LogP) is 4.83. The lowest BCUT2D eigenvalue weighted by Gasteiger charge is -2.07. The second-order valence-corrected chi connectivity index (χ2v) is 6.91. The van der Waals surface area contributed by atoms with Crippen LogP contribution in [-0.2, 0) is 28.5 Å². The highest BCUT2D eigenvalue weighted by Crippen LogP contribution is 2.08. The number of carbonyl (C=O) groups excluding carboxylic acids is 1. The molecule has 29 heavy (non-hydrogen) atoms. The first-order chi connectivity index (χ1) is 14.2. The molecule has 6 heteroatoms. The van der Waals surface area contributed by atoms with Crippen molar-refractivity contribution in [1.82, 2.24) is 0 Å². The van der Waals surface area contributed by atoms with E-state index in [9.17, 15) is 4.79 Å². The molecule has 0 heterocycles. The van der Waals surface area contributed by atoms with Crippen molar-refractivity contribution in [3.63, 3.8) is 0 Å². The highest BCUT2D eigenvalue weighted by atomic mass is 16.6. The van der Waals surface area contributed by atoms with Crippen LogP contribution in [0.3, 0.4) is 0 Å². The zero-order valence-electron chi connectivity index (χ0n) is 18.6. The zero-order chi connectivity index (χ0) is 21.4. The molecule has 0 fully saturated rings. The van der Waals surface area contributed by atoms with Crippen molar-refractivity contribution in [3.8, 4) is 0 Å². The summed E-state index contributed by atoms with van der Waals surface area (Å²) in [7, 11) is 0. The number of carbonyl (C=O) groups is 1. The van der Waals surface area contributed by atoms with Crippen molar-refractivity contribution in [2.45, 2.75) is 65.2 Å². The maximum Gasteiger partial charge on any atom is 0.333 e. The predicted molar refractivity (Wildman–Crippen MR) is 116 cm³/mol. The summed E-state index contributed by atoms with van der Waals surface area (Å²) in [6.07, 6.45) is 14.3. The first-order valence-electron chi connectivity index (χ1n) is 11.0. The van der Waals surface area contributed by atoms with Crippen LogP contribution < -0.4 is 0 Å². The number of hydrogen-bond donors (Lipinski definition) is 0. The van der Waals surface area contributed by atoms with Gasteiger partial charge in [-0.1, -0.05) is 52.0 Å². The van der Waals surface area contributed by atoms with Crippen LogP contribution in [0.5, 0.6) is 0 Å². The molecule has 0 saturated heterocycles. The van der Waals surface area contributed by atoms with Gasteiger partial charge < -0.3 is 23.7 Å². The normalized spacial score (nSPS) is 11.1. The molecule has 0 rings (SSSR count). The van der Waals surface area contributed by atoms with Gasteiger partial charge in [0, 0.05) is 5.57 Å². The van der Waals surface area contributed by atoms with Crippen molar-refractivity contribution in [3.05, 3.63) is 24.5 Å². The van der Waals surface area contributed by atoms with Crippen LogP contribution >= 0.6 is 0 Å². The number of hydrogen-bond acceptors (Lipinski definition) is 6. The molecule has 0 aromatic carbocycles. The third-order valence-electron chi connectivity index (χ3n) is 4.07. The first-order valence-corrected chi connectivity index (χ1v) is 11.0. The molecule has 170 valence electrons. The fourth-order valence-electron chi connectivity index (χ4n) is 2.39. The molecule has 0 spiro atoms. The Hall–Kier alpha value is -1.37. The van der Waals surface area contributed by atoms with E-state index in [0.29, 0.717) is 51.8 Å². The molecule has 0 aromatic rings. The van der Waals surface area contributed by atoms with E-state index in [4.69, 9.17) is 23.7 Å². The minimum absolute atomic E-state index is 0.225. The lowest BCUT2D eigenvalue weighted by molar-refractivity contribution is -0.140. The van der Waals surface area contributed by atoms with Gasteiger partial charge in [-0.05, 0) is 25.8 Å². The molecule has 6 nitrogen and oxygen atoms in total. The molecule has 0 unspecified atom stereocenters. The highest BCUT2D eigenvalue weighted by molar-refractivity contribution is 5.86. The van der Waals surface area contributed by atoms with Gasteiger partial charge in [-0.2, -0.15) is 0 Å². The Morgan fingerprint density at radius 1 is 0.759 bits per heavy atom. The van der Waals surface area contributed by atoms with Crippen LogP contribution in [-0.4, -0.2) is 58.8 Å². The molecular formula is C23H42O6. The number of unbranched alkanes of at least 4 members (excludes halogenated alkanes) is 7. The minimum atomic E-state index is -0.394. The lowest BCUT2D eigenvalue weighted by atomic mass is 10.1. The molecule has 0 radical (unpaired) electrons. The number of rotatable bonds is 22. The van der Waals surface area contributed by atoms with Gasteiger partial charge in [0.1, 0.15) is 13.2 Å². The standard InChI is InChI=1S/C23H42O6/c1-4-5-6-7-8-9-10-11-12-13-25-14-15-26-16-17-27-18-19-28-20-21-29-23(24)22(2)3/h12-13H,2,4-11,14-21H2,1,3H3. The Kier molecular flexibility index (Phi) is 21.8. The molecule has 0 aliphatic rings. The molecule has 0 N–H and O–H groups in total. The summed E-state index contributed by atoms with van der Waals surface area (Å²) in [5.41, 5.74) is 0.387. The third-order valence-corrected chi connectivity index (χ3v) is 4.07. The van der Waals surface area contributed by atoms with Gasteiger partial charge in [0.15, 0.2) is 0 Å². The van der Waals surface area contributed by atoms with E-state index in [-0.39, 0.29) is 6.61 Å². The number of esters is 1. The van der Waals surface area contributed by atoms with Crippen molar-refractivity contribution >= 4 is 5.97 Å². The fourth-order valence-corrected chi connectivity index (χ4v) is 2.39. The molecule has 0 aromatic heterocycles. The van der Waals surface area contributed by atoms with Crippen molar-refractivity contribution in [2.24, 2.45) is 0 Å².